The third kappa shape index (κ3) is 9.63. The molecule has 226 valence electrons. The van der Waals surface area contributed by atoms with Gasteiger partial charge >= 0.3 is 0 Å². The van der Waals surface area contributed by atoms with Crippen LogP contribution in [0, 0.1) is 0 Å². The summed E-state index contributed by atoms with van der Waals surface area (Å²) in [5.41, 5.74) is 1.86. The average Bonchev–Trinajstić information content (AvgIpc) is 2.94. The first-order valence-corrected chi connectivity index (χ1v) is 16.7. The van der Waals surface area contributed by atoms with Crippen molar-refractivity contribution in [2.24, 2.45) is 0 Å². The molecule has 3 rings (SSSR count). The zero-order valence-corrected chi connectivity index (χ0v) is 27.0. The molecule has 0 aliphatic heterocycles. The average molecular weight is 653 g/mol. The number of hydrogen-bond acceptors (Lipinski definition) is 4. The van der Waals surface area contributed by atoms with Gasteiger partial charge in [-0.05, 0) is 61.7 Å². The topological polar surface area (TPSA) is 86.8 Å². The van der Waals surface area contributed by atoms with Crippen molar-refractivity contribution < 1.29 is 18.0 Å². The Morgan fingerprint density at radius 1 is 0.905 bits per heavy atom. The van der Waals surface area contributed by atoms with Crippen LogP contribution in [0.15, 0.2) is 72.8 Å². The van der Waals surface area contributed by atoms with E-state index in [1.54, 1.807) is 42.5 Å². The molecule has 0 fully saturated rings. The second-order valence-corrected chi connectivity index (χ2v) is 13.3. The van der Waals surface area contributed by atoms with Crippen molar-refractivity contribution in [2.75, 3.05) is 17.1 Å². The Kier molecular flexibility index (Phi) is 12.5. The summed E-state index contributed by atoms with van der Waals surface area (Å²) in [6, 6.07) is 20.1. The Balaban J connectivity index is 1.93. The Hall–Kier alpha value is -2.78. The van der Waals surface area contributed by atoms with Gasteiger partial charge in [0.2, 0.25) is 21.8 Å². The van der Waals surface area contributed by atoms with Crippen molar-refractivity contribution >= 4 is 62.3 Å². The van der Waals surface area contributed by atoms with Crippen molar-refractivity contribution in [1.82, 2.24) is 10.2 Å². The van der Waals surface area contributed by atoms with Crippen LogP contribution in [0.3, 0.4) is 0 Å². The number of sulfonamides is 1. The molecule has 2 atom stereocenters. The molecule has 0 saturated heterocycles. The first kappa shape index (κ1) is 33.7. The van der Waals surface area contributed by atoms with Crippen LogP contribution in [0.5, 0.6) is 0 Å². The Morgan fingerprint density at radius 2 is 1.52 bits per heavy atom. The lowest BCUT2D eigenvalue weighted by Crippen LogP contribution is -2.52. The number of halogens is 3. The molecule has 1 N–H and O–H groups in total. The Labute approximate surface area is 263 Å². The van der Waals surface area contributed by atoms with Gasteiger partial charge in [-0.2, -0.15) is 0 Å². The van der Waals surface area contributed by atoms with Gasteiger partial charge in [0.25, 0.3) is 0 Å². The first-order chi connectivity index (χ1) is 19.9. The van der Waals surface area contributed by atoms with Gasteiger partial charge < -0.3 is 10.2 Å². The van der Waals surface area contributed by atoms with Crippen LogP contribution in [0.1, 0.15) is 44.2 Å². The van der Waals surface area contributed by atoms with Gasteiger partial charge in [0, 0.05) is 52.6 Å². The van der Waals surface area contributed by atoms with Crippen molar-refractivity contribution in [3.63, 3.8) is 0 Å². The molecule has 42 heavy (non-hydrogen) atoms. The van der Waals surface area contributed by atoms with E-state index >= 15 is 0 Å². The molecule has 11 heteroatoms. The molecule has 3 aromatic rings. The van der Waals surface area contributed by atoms with E-state index in [1.807, 2.05) is 44.2 Å². The van der Waals surface area contributed by atoms with Crippen LogP contribution in [-0.2, 0) is 32.6 Å². The number of carbonyl (C=O) groups is 2. The van der Waals surface area contributed by atoms with Gasteiger partial charge in [-0.3, -0.25) is 13.9 Å². The zero-order valence-electron chi connectivity index (χ0n) is 23.9. The van der Waals surface area contributed by atoms with Crippen LogP contribution >= 0.6 is 34.8 Å². The number of anilines is 1. The molecule has 7 nitrogen and oxygen atoms in total. The Bertz CT molecular complexity index is 1430. The molecule has 3 aromatic carbocycles. The number of hydrogen-bond donors (Lipinski definition) is 1. The highest BCUT2D eigenvalue weighted by molar-refractivity contribution is 7.92. The number of amides is 2. The van der Waals surface area contributed by atoms with E-state index in [4.69, 9.17) is 34.8 Å². The largest absolute Gasteiger partial charge is 0.352 e. The molecule has 2 amide bonds. The minimum Gasteiger partial charge on any atom is -0.352 e. The lowest BCUT2D eigenvalue weighted by Gasteiger charge is -2.33. The Morgan fingerprint density at radius 3 is 2.10 bits per heavy atom. The molecule has 0 aliphatic rings. The predicted octanol–water partition coefficient (Wildman–Crippen LogP) is 6.75. The van der Waals surface area contributed by atoms with Crippen molar-refractivity contribution in [3.05, 3.63) is 99.0 Å². The minimum absolute atomic E-state index is 0.00966. The third-order valence-corrected chi connectivity index (χ3v) is 9.08. The fourth-order valence-electron chi connectivity index (χ4n) is 4.46. The summed E-state index contributed by atoms with van der Waals surface area (Å²) in [7, 11) is -3.63. The normalized spacial score (nSPS) is 12.8. The van der Waals surface area contributed by atoms with Gasteiger partial charge in [-0.25, -0.2) is 8.42 Å². The lowest BCUT2D eigenvalue weighted by atomic mass is 10.0. The molecule has 0 bridgehead atoms. The summed E-state index contributed by atoms with van der Waals surface area (Å²) in [6.07, 6.45) is 2.32. The second kappa shape index (κ2) is 15.6. The molecule has 0 saturated carbocycles. The van der Waals surface area contributed by atoms with Crippen molar-refractivity contribution in [3.8, 4) is 0 Å². The smallest absolute Gasteiger partial charge is 0.243 e. The monoisotopic (exact) mass is 651 g/mol. The van der Waals surface area contributed by atoms with E-state index in [9.17, 15) is 18.0 Å². The summed E-state index contributed by atoms with van der Waals surface area (Å²) in [5.74, 6) is -0.612. The molecular weight excluding hydrogens is 617 g/mol. The van der Waals surface area contributed by atoms with Crippen molar-refractivity contribution in [2.45, 2.75) is 58.2 Å². The summed E-state index contributed by atoms with van der Waals surface area (Å²) >= 11 is 19.0. The molecular formula is C31H36Cl3N3O4S. The maximum atomic E-state index is 13.9. The minimum atomic E-state index is -3.63. The molecule has 0 aromatic heterocycles. The van der Waals surface area contributed by atoms with Gasteiger partial charge in [-0.15, -0.1) is 0 Å². The standard InChI is InChI=1S/C31H36Cl3N3O4S/c1-4-22(2)35-31(39)29(20-23-10-6-5-7-11-23)36(21-26-27(33)12-8-13-28(26)34)30(38)14-9-19-37(42(3,40)41)25-17-15-24(32)16-18-25/h5-8,10-13,15-18,22,29H,4,9,14,19-21H2,1-3H3,(H,35,39)/t22-,29+/m1/s1. The first-order valence-electron chi connectivity index (χ1n) is 13.7. The van der Waals surface area contributed by atoms with E-state index in [2.05, 4.69) is 5.32 Å². The molecule has 0 heterocycles. The number of carbonyl (C=O) groups excluding carboxylic acids is 2. The van der Waals surface area contributed by atoms with Crippen molar-refractivity contribution in [1.29, 1.82) is 0 Å². The lowest BCUT2D eigenvalue weighted by molar-refractivity contribution is -0.141. The van der Waals surface area contributed by atoms with E-state index in [-0.39, 0.29) is 50.2 Å². The van der Waals surface area contributed by atoms with E-state index in [0.717, 1.165) is 18.2 Å². The van der Waals surface area contributed by atoms with Gasteiger partial charge in [0.15, 0.2) is 0 Å². The predicted molar refractivity (Wildman–Crippen MR) is 172 cm³/mol. The van der Waals surface area contributed by atoms with Gasteiger partial charge in [0.05, 0.1) is 11.9 Å². The SMILES string of the molecule is CC[C@@H](C)NC(=O)[C@H](Cc1ccccc1)N(Cc1c(Cl)cccc1Cl)C(=O)CCCN(c1ccc(Cl)cc1)S(C)(=O)=O. The van der Waals surface area contributed by atoms with Crippen LogP contribution in [0.4, 0.5) is 5.69 Å². The molecule has 0 aliphatic carbocycles. The zero-order chi connectivity index (χ0) is 30.9. The third-order valence-electron chi connectivity index (χ3n) is 6.93. The van der Waals surface area contributed by atoms with Crippen LogP contribution < -0.4 is 9.62 Å². The summed E-state index contributed by atoms with van der Waals surface area (Å²) < 4.78 is 26.4. The van der Waals surface area contributed by atoms with Gasteiger partial charge in [0.1, 0.15) is 6.04 Å². The highest BCUT2D eigenvalue weighted by atomic mass is 35.5. The summed E-state index contributed by atoms with van der Waals surface area (Å²) in [4.78, 5) is 29.1. The fourth-order valence-corrected chi connectivity index (χ4v) is 6.07. The van der Waals surface area contributed by atoms with Gasteiger partial charge in [-0.1, -0.05) is 78.1 Å². The van der Waals surface area contributed by atoms with Crippen LogP contribution in [0.25, 0.3) is 0 Å². The number of benzene rings is 3. The van der Waals surface area contributed by atoms with E-state index < -0.39 is 16.1 Å². The van der Waals surface area contributed by atoms with E-state index in [1.165, 1.54) is 9.21 Å². The maximum absolute atomic E-state index is 13.9. The van der Waals surface area contributed by atoms with Crippen LogP contribution in [-0.4, -0.2) is 50.0 Å². The highest BCUT2D eigenvalue weighted by Gasteiger charge is 2.32. The molecule has 0 spiro atoms. The number of nitrogens with zero attached hydrogens (tertiary/aromatic N) is 2. The number of nitrogens with one attached hydrogen (secondary N) is 1. The second-order valence-electron chi connectivity index (χ2n) is 10.2. The quantitative estimate of drug-likeness (QED) is 0.209. The van der Waals surface area contributed by atoms with E-state index in [0.29, 0.717) is 26.3 Å². The summed E-state index contributed by atoms with van der Waals surface area (Å²) in [5, 5.41) is 4.27. The molecule has 0 radical (unpaired) electrons. The molecule has 0 unspecified atom stereocenters. The highest BCUT2D eigenvalue weighted by Crippen LogP contribution is 2.28. The van der Waals surface area contributed by atoms with Crippen LogP contribution in [0.2, 0.25) is 15.1 Å². The number of rotatable bonds is 14. The maximum Gasteiger partial charge on any atom is 0.243 e. The summed E-state index contributed by atoms with van der Waals surface area (Å²) in [6.45, 7) is 3.95. The fraction of sp³-hybridized carbons (Fsp3) is 0.355.